The molecule has 1 N–H and O–H groups in total. The van der Waals surface area contributed by atoms with Crippen LogP contribution in [0.4, 0.5) is 0 Å². The fourth-order valence-corrected chi connectivity index (χ4v) is 3.20. The third-order valence-corrected chi connectivity index (χ3v) is 4.95. The van der Waals surface area contributed by atoms with Gasteiger partial charge in [-0.2, -0.15) is 0 Å². The Bertz CT molecular complexity index is 1010. The van der Waals surface area contributed by atoms with Crippen LogP contribution in [0.5, 0.6) is 11.5 Å². The minimum atomic E-state index is -0.173. The molecule has 3 rings (SSSR count). The monoisotopic (exact) mass is 423 g/mol. The molecule has 7 nitrogen and oxygen atoms in total. The first-order valence-corrected chi connectivity index (χ1v) is 10.1. The molecule has 31 heavy (non-hydrogen) atoms. The number of nitrogens with one attached hydrogen (secondary N) is 1. The van der Waals surface area contributed by atoms with Crippen LogP contribution in [0, 0.1) is 13.8 Å². The number of benzene rings is 2. The smallest absolute Gasteiger partial charge is 0.251 e. The van der Waals surface area contributed by atoms with E-state index in [-0.39, 0.29) is 5.91 Å². The van der Waals surface area contributed by atoms with Crippen molar-refractivity contribution >= 4 is 5.91 Å². The van der Waals surface area contributed by atoms with Gasteiger partial charge in [0.25, 0.3) is 5.91 Å². The normalized spacial score (nSPS) is 10.9. The van der Waals surface area contributed by atoms with Crippen molar-refractivity contribution in [2.24, 2.45) is 0 Å². The minimum absolute atomic E-state index is 0.173. The number of carbonyl (C=O) groups excluding carboxylic acids is 1. The Labute approximate surface area is 182 Å². The second kappa shape index (κ2) is 10.1. The van der Waals surface area contributed by atoms with Crippen molar-refractivity contribution in [3.8, 4) is 11.5 Å². The summed E-state index contributed by atoms with van der Waals surface area (Å²) in [6, 6.07) is 13.4. The van der Waals surface area contributed by atoms with Gasteiger partial charge < -0.3 is 24.2 Å². The lowest BCUT2D eigenvalue weighted by molar-refractivity contribution is 0.0950. The molecule has 1 amide bonds. The molecular weight excluding hydrogens is 394 g/mol. The molecule has 0 radical (unpaired) electrons. The Morgan fingerprint density at radius 1 is 1.06 bits per heavy atom. The van der Waals surface area contributed by atoms with Crippen molar-refractivity contribution in [3.63, 3.8) is 0 Å². The molecular formula is C24H29N3O4. The Kier molecular flexibility index (Phi) is 7.31. The minimum Gasteiger partial charge on any atom is -0.493 e. The molecule has 1 heterocycles. The average molecular weight is 424 g/mol. The quantitative estimate of drug-likeness (QED) is 0.563. The van der Waals surface area contributed by atoms with Crippen LogP contribution in [0.25, 0.3) is 0 Å². The van der Waals surface area contributed by atoms with E-state index in [1.165, 1.54) is 5.56 Å². The van der Waals surface area contributed by atoms with Crippen LogP contribution in [-0.4, -0.2) is 37.2 Å². The fraction of sp³-hybridized carbons (Fsp3) is 0.333. The van der Waals surface area contributed by atoms with Gasteiger partial charge in [0.15, 0.2) is 11.5 Å². The average Bonchev–Trinajstić information content (AvgIpc) is 3.08. The Balaban J connectivity index is 1.61. The van der Waals surface area contributed by atoms with E-state index in [0.717, 1.165) is 29.1 Å². The Hall–Kier alpha value is -3.32. The summed E-state index contributed by atoms with van der Waals surface area (Å²) in [5.41, 5.74) is 4.48. The highest BCUT2D eigenvalue weighted by Gasteiger charge is 2.14. The van der Waals surface area contributed by atoms with Gasteiger partial charge in [0.2, 0.25) is 0 Å². The molecule has 2 aromatic carbocycles. The lowest BCUT2D eigenvalue weighted by Gasteiger charge is -2.13. The Morgan fingerprint density at radius 2 is 1.77 bits per heavy atom. The molecule has 0 atom stereocenters. The molecule has 0 unspecified atom stereocenters. The summed E-state index contributed by atoms with van der Waals surface area (Å²) >= 11 is 0. The van der Waals surface area contributed by atoms with E-state index in [4.69, 9.17) is 14.0 Å². The van der Waals surface area contributed by atoms with E-state index in [9.17, 15) is 4.79 Å². The fourth-order valence-electron chi connectivity index (χ4n) is 3.20. The third kappa shape index (κ3) is 5.86. The van der Waals surface area contributed by atoms with Crippen molar-refractivity contribution in [2.75, 3.05) is 21.2 Å². The highest BCUT2D eigenvalue weighted by atomic mass is 16.5. The number of aromatic nitrogens is 1. The summed E-state index contributed by atoms with van der Waals surface area (Å²) in [6.45, 7) is 5.37. The predicted octanol–water partition coefficient (Wildman–Crippen LogP) is 3.87. The highest BCUT2D eigenvalue weighted by Crippen LogP contribution is 2.29. The van der Waals surface area contributed by atoms with E-state index in [0.29, 0.717) is 30.2 Å². The van der Waals surface area contributed by atoms with Gasteiger partial charge in [0.1, 0.15) is 12.4 Å². The van der Waals surface area contributed by atoms with Gasteiger partial charge in [-0.05, 0) is 57.3 Å². The second-order valence-corrected chi connectivity index (χ2v) is 7.69. The maximum atomic E-state index is 12.6. The molecule has 1 aromatic heterocycles. The molecule has 0 fully saturated rings. The number of hydrogen-bond donors (Lipinski definition) is 1. The SMILES string of the molecule is COc1cc(C(=O)NCc2ccc(CN(C)C)cc2)ccc1OCc1c(C)noc1C. The van der Waals surface area contributed by atoms with E-state index < -0.39 is 0 Å². The van der Waals surface area contributed by atoms with Gasteiger partial charge in [0.05, 0.1) is 18.4 Å². The van der Waals surface area contributed by atoms with Crippen LogP contribution in [0.3, 0.4) is 0 Å². The van der Waals surface area contributed by atoms with Gasteiger partial charge in [-0.25, -0.2) is 0 Å². The summed E-state index contributed by atoms with van der Waals surface area (Å²) in [5.74, 6) is 1.60. The predicted molar refractivity (Wildman–Crippen MR) is 118 cm³/mol. The molecule has 0 saturated heterocycles. The molecule has 0 aliphatic heterocycles. The highest BCUT2D eigenvalue weighted by molar-refractivity contribution is 5.94. The second-order valence-electron chi connectivity index (χ2n) is 7.69. The zero-order chi connectivity index (χ0) is 22.4. The van der Waals surface area contributed by atoms with Crippen molar-refractivity contribution in [3.05, 3.63) is 76.2 Å². The number of nitrogens with zero attached hydrogens (tertiary/aromatic N) is 2. The van der Waals surface area contributed by atoms with Crippen LogP contribution in [0.2, 0.25) is 0 Å². The van der Waals surface area contributed by atoms with Gasteiger partial charge in [-0.1, -0.05) is 29.4 Å². The molecule has 0 saturated carbocycles. The first kappa shape index (κ1) is 22.4. The number of hydrogen-bond acceptors (Lipinski definition) is 6. The number of ether oxygens (including phenoxy) is 2. The maximum Gasteiger partial charge on any atom is 0.251 e. The molecule has 164 valence electrons. The van der Waals surface area contributed by atoms with Crippen molar-refractivity contribution < 1.29 is 18.8 Å². The standard InChI is InChI=1S/C24H29N3O4/c1-16-21(17(2)31-26-16)15-30-22-11-10-20(12-23(22)29-5)24(28)25-13-18-6-8-19(9-7-18)14-27(3)4/h6-12H,13-15H2,1-5H3,(H,25,28). The zero-order valence-corrected chi connectivity index (χ0v) is 18.7. The summed E-state index contributed by atoms with van der Waals surface area (Å²) < 4.78 is 16.5. The summed E-state index contributed by atoms with van der Waals surface area (Å²) in [6.07, 6.45) is 0. The molecule has 0 aliphatic rings. The van der Waals surface area contributed by atoms with Crippen LogP contribution in [0.15, 0.2) is 47.0 Å². The first-order valence-electron chi connectivity index (χ1n) is 10.1. The van der Waals surface area contributed by atoms with Gasteiger partial charge in [-0.15, -0.1) is 0 Å². The van der Waals surface area contributed by atoms with E-state index in [1.807, 2.05) is 40.1 Å². The van der Waals surface area contributed by atoms with E-state index in [1.54, 1.807) is 25.3 Å². The lowest BCUT2D eigenvalue weighted by atomic mass is 10.1. The number of methoxy groups -OCH3 is 1. The van der Waals surface area contributed by atoms with Crippen molar-refractivity contribution in [2.45, 2.75) is 33.5 Å². The summed E-state index contributed by atoms with van der Waals surface area (Å²) in [5, 5.41) is 6.88. The zero-order valence-electron chi connectivity index (χ0n) is 18.7. The molecule has 0 spiro atoms. The third-order valence-electron chi connectivity index (χ3n) is 4.95. The largest absolute Gasteiger partial charge is 0.493 e. The Morgan fingerprint density at radius 3 is 2.39 bits per heavy atom. The van der Waals surface area contributed by atoms with Crippen LogP contribution < -0.4 is 14.8 Å². The molecule has 3 aromatic rings. The number of rotatable bonds is 9. The van der Waals surface area contributed by atoms with E-state index >= 15 is 0 Å². The van der Waals surface area contributed by atoms with E-state index in [2.05, 4.69) is 27.5 Å². The van der Waals surface area contributed by atoms with Crippen LogP contribution in [-0.2, 0) is 19.7 Å². The van der Waals surface area contributed by atoms with Crippen LogP contribution >= 0.6 is 0 Å². The number of amides is 1. The lowest BCUT2D eigenvalue weighted by Crippen LogP contribution is -2.22. The van der Waals surface area contributed by atoms with Crippen molar-refractivity contribution in [1.82, 2.24) is 15.4 Å². The number of carbonyl (C=O) groups is 1. The maximum absolute atomic E-state index is 12.6. The number of aryl methyl sites for hydroxylation is 2. The van der Waals surface area contributed by atoms with Crippen LogP contribution in [0.1, 0.15) is 38.5 Å². The molecule has 0 aliphatic carbocycles. The van der Waals surface area contributed by atoms with Gasteiger partial charge in [-0.3, -0.25) is 4.79 Å². The van der Waals surface area contributed by atoms with Crippen molar-refractivity contribution in [1.29, 1.82) is 0 Å². The summed E-state index contributed by atoms with van der Waals surface area (Å²) in [7, 11) is 5.63. The van der Waals surface area contributed by atoms with Gasteiger partial charge >= 0.3 is 0 Å². The first-order chi connectivity index (χ1) is 14.9. The molecule has 7 heteroatoms. The molecule has 0 bridgehead atoms. The topological polar surface area (TPSA) is 76.8 Å². The summed E-state index contributed by atoms with van der Waals surface area (Å²) in [4.78, 5) is 14.7. The van der Waals surface area contributed by atoms with Gasteiger partial charge in [0, 0.05) is 18.7 Å².